The van der Waals surface area contributed by atoms with Gasteiger partial charge in [-0.05, 0) is 64.2 Å². The molecule has 0 bridgehead atoms. The molecular weight excluding hydrogens is 554 g/mol. The van der Waals surface area contributed by atoms with Crippen LogP contribution in [0.1, 0.15) is 162 Å². The number of nitrogens with one attached hydrogen (secondary N) is 1. The fourth-order valence-corrected chi connectivity index (χ4v) is 5.13. The van der Waals surface area contributed by atoms with Gasteiger partial charge in [-0.25, -0.2) is 0 Å². The Morgan fingerprint density at radius 1 is 0.556 bits per heavy atom. The first kappa shape index (κ1) is 42.8. The Kier molecular flexibility index (Phi) is 34.5. The molecule has 0 aliphatic rings. The summed E-state index contributed by atoms with van der Waals surface area (Å²) in [7, 11) is 0. The Hall–Kier alpha value is -2.17. The van der Waals surface area contributed by atoms with Crippen molar-refractivity contribution in [3.63, 3.8) is 0 Å². The summed E-state index contributed by atoms with van der Waals surface area (Å²) in [6, 6.07) is -0.537. The van der Waals surface area contributed by atoms with Crippen LogP contribution in [0.2, 0.25) is 0 Å². The highest BCUT2D eigenvalue weighted by Crippen LogP contribution is 2.13. The van der Waals surface area contributed by atoms with Crippen LogP contribution in [-0.2, 0) is 4.79 Å². The minimum atomic E-state index is -0.660. The van der Waals surface area contributed by atoms with Gasteiger partial charge in [0.25, 0.3) is 0 Å². The van der Waals surface area contributed by atoms with Crippen molar-refractivity contribution in [3.05, 3.63) is 72.9 Å². The third kappa shape index (κ3) is 33.0. The van der Waals surface area contributed by atoms with E-state index in [4.69, 9.17) is 0 Å². The van der Waals surface area contributed by atoms with Crippen LogP contribution in [0.15, 0.2) is 72.9 Å². The molecule has 0 rings (SSSR count). The van der Waals surface area contributed by atoms with Crippen LogP contribution in [0.4, 0.5) is 0 Å². The summed E-state index contributed by atoms with van der Waals surface area (Å²) in [5.74, 6) is -0.0503. The summed E-state index contributed by atoms with van der Waals surface area (Å²) in [5.41, 5.74) is 0. The van der Waals surface area contributed by atoms with Gasteiger partial charge in [-0.1, -0.05) is 164 Å². The maximum atomic E-state index is 12.2. The number of amides is 1. The van der Waals surface area contributed by atoms with Crippen LogP contribution in [0.5, 0.6) is 0 Å². The number of rotatable bonds is 32. The van der Waals surface area contributed by atoms with E-state index in [-0.39, 0.29) is 12.5 Å². The van der Waals surface area contributed by atoms with Crippen LogP contribution in [0.3, 0.4) is 0 Å². The molecule has 0 saturated heterocycles. The number of hydrogen-bond acceptors (Lipinski definition) is 3. The first-order valence-electron chi connectivity index (χ1n) is 18.6. The second-order valence-electron chi connectivity index (χ2n) is 12.3. The summed E-state index contributed by atoms with van der Waals surface area (Å²) < 4.78 is 0. The summed E-state index contributed by atoms with van der Waals surface area (Å²) >= 11 is 0. The number of carbonyl (C=O) groups excluding carboxylic acids is 1. The average Bonchev–Trinajstić information content (AvgIpc) is 3.04. The van der Waals surface area contributed by atoms with Gasteiger partial charge in [0.2, 0.25) is 5.91 Å². The van der Waals surface area contributed by atoms with Crippen molar-refractivity contribution in [1.29, 1.82) is 0 Å². The molecule has 2 unspecified atom stereocenters. The normalized spacial score (nSPS) is 14.0. The molecule has 0 aliphatic carbocycles. The minimum Gasteiger partial charge on any atom is -0.394 e. The van der Waals surface area contributed by atoms with Gasteiger partial charge in [0.1, 0.15) is 0 Å². The summed E-state index contributed by atoms with van der Waals surface area (Å²) in [5, 5.41) is 22.6. The Balaban J connectivity index is 3.52. The lowest BCUT2D eigenvalue weighted by molar-refractivity contribution is -0.123. The molecule has 3 N–H and O–H groups in total. The molecule has 0 radical (unpaired) electrons. The Labute approximate surface area is 278 Å². The number of aliphatic hydroxyl groups excluding tert-OH is 2. The van der Waals surface area contributed by atoms with Gasteiger partial charge in [0.05, 0.1) is 18.8 Å². The van der Waals surface area contributed by atoms with E-state index in [9.17, 15) is 15.0 Å². The maximum Gasteiger partial charge on any atom is 0.220 e. The lowest BCUT2D eigenvalue weighted by Gasteiger charge is -2.22. The molecule has 1 amide bonds. The van der Waals surface area contributed by atoms with Crippen molar-refractivity contribution in [1.82, 2.24) is 5.32 Å². The standard InChI is InChI=1S/C41H71NO3/c1-3-5-7-9-10-11-12-13-14-15-16-17-18-19-20-21-22-23-24-25-26-27-28-29-30-31-32-33-35-37-41(45)42-39(38-43)40(44)36-34-8-6-4-2/h5,7,10-11,13-14,16-17,19-20,22-23,39-40,43-44H,3-4,6,8-9,12,15,18,21,24-38H2,1-2H3,(H,42,45)/b7-5-,11-10-,14-13-,17-16-,20-19-,23-22-. The predicted molar refractivity (Wildman–Crippen MR) is 197 cm³/mol. The molecule has 0 heterocycles. The molecule has 0 fully saturated rings. The topological polar surface area (TPSA) is 69.6 Å². The van der Waals surface area contributed by atoms with E-state index in [0.29, 0.717) is 12.8 Å². The largest absolute Gasteiger partial charge is 0.394 e. The minimum absolute atomic E-state index is 0.0503. The quantitative estimate of drug-likeness (QED) is 0.0514. The van der Waals surface area contributed by atoms with Crippen LogP contribution < -0.4 is 5.32 Å². The van der Waals surface area contributed by atoms with Crippen molar-refractivity contribution in [2.75, 3.05) is 6.61 Å². The highest BCUT2D eigenvalue weighted by Gasteiger charge is 2.19. The maximum absolute atomic E-state index is 12.2. The molecule has 0 saturated carbocycles. The molecule has 4 heteroatoms. The van der Waals surface area contributed by atoms with E-state index in [1.165, 1.54) is 57.8 Å². The molecule has 0 aliphatic heterocycles. The first-order valence-corrected chi connectivity index (χ1v) is 18.6. The van der Waals surface area contributed by atoms with Gasteiger partial charge in [0.15, 0.2) is 0 Å². The van der Waals surface area contributed by atoms with Gasteiger partial charge in [-0.15, -0.1) is 0 Å². The van der Waals surface area contributed by atoms with Gasteiger partial charge in [0, 0.05) is 6.42 Å². The lowest BCUT2D eigenvalue weighted by atomic mass is 10.0. The first-order chi connectivity index (χ1) is 22.2. The van der Waals surface area contributed by atoms with Crippen LogP contribution in [0, 0.1) is 0 Å². The summed E-state index contributed by atoms with van der Waals surface area (Å²) in [6.45, 7) is 4.12. The molecule has 258 valence electrons. The lowest BCUT2D eigenvalue weighted by Crippen LogP contribution is -2.45. The number of allylic oxidation sites excluding steroid dienone is 12. The van der Waals surface area contributed by atoms with Crippen molar-refractivity contribution < 1.29 is 15.0 Å². The van der Waals surface area contributed by atoms with Crippen LogP contribution in [-0.4, -0.2) is 34.9 Å². The highest BCUT2D eigenvalue weighted by atomic mass is 16.3. The van der Waals surface area contributed by atoms with E-state index in [1.54, 1.807) is 0 Å². The van der Waals surface area contributed by atoms with Gasteiger partial charge < -0.3 is 15.5 Å². The predicted octanol–water partition coefficient (Wildman–Crippen LogP) is 11.2. The number of aliphatic hydroxyl groups is 2. The Morgan fingerprint density at radius 3 is 1.44 bits per heavy atom. The molecule has 0 aromatic rings. The van der Waals surface area contributed by atoms with Gasteiger partial charge >= 0.3 is 0 Å². The smallest absolute Gasteiger partial charge is 0.220 e. The number of hydrogen-bond donors (Lipinski definition) is 3. The third-order valence-electron chi connectivity index (χ3n) is 7.98. The second-order valence-corrected chi connectivity index (χ2v) is 12.3. The van der Waals surface area contributed by atoms with Crippen molar-refractivity contribution in [2.24, 2.45) is 0 Å². The van der Waals surface area contributed by atoms with Crippen LogP contribution in [0.25, 0.3) is 0 Å². The van der Waals surface area contributed by atoms with E-state index < -0.39 is 12.1 Å². The van der Waals surface area contributed by atoms with Gasteiger partial charge in [-0.2, -0.15) is 0 Å². The van der Waals surface area contributed by atoms with E-state index >= 15 is 0 Å². The van der Waals surface area contributed by atoms with Crippen molar-refractivity contribution >= 4 is 5.91 Å². The highest BCUT2D eigenvalue weighted by molar-refractivity contribution is 5.76. The Bertz CT molecular complexity index is 808. The average molecular weight is 626 g/mol. The zero-order valence-corrected chi connectivity index (χ0v) is 29.4. The zero-order valence-electron chi connectivity index (χ0n) is 29.4. The second kappa shape index (κ2) is 36.3. The van der Waals surface area contributed by atoms with Crippen LogP contribution >= 0.6 is 0 Å². The molecule has 0 aromatic carbocycles. The van der Waals surface area contributed by atoms with Gasteiger partial charge in [-0.3, -0.25) is 4.79 Å². The zero-order chi connectivity index (χ0) is 32.9. The fourth-order valence-electron chi connectivity index (χ4n) is 5.13. The van der Waals surface area contributed by atoms with E-state index in [2.05, 4.69) is 92.1 Å². The molecular formula is C41H71NO3. The Morgan fingerprint density at radius 2 is 0.978 bits per heavy atom. The van der Waals surface area contributed by atoms with Crippen molar-refractivity contribution in [3.8, 4) is 0 Å². The summed E-state index contributed by atoms with van der Waals surface area (Å²) in [4.78, 5) is 12.2. The molecule has 45 heavy (non-hydrogen) atoms. The van der Waals surface area contributed by atoms with E-state index in [0.717, 1.165) is 77.0 Å². The SMILES string of the molecule is CC/C=C\C/C=C\C/C=C\C/C=C\C/C=C\C/C=C\CCCCCCCCCCCCC(=O)NC(CO)C(O)CCCCCC. The molecule has 2 atom stereocenters. The molecule has 0 spiro atoms. The molecule has 0 aromatic heterocycles. The summed E-state index contributed by atoms with van der Waals surface area (Å²) in [6.07, 6.45) is 51.5. The number of carbonyl (C=O) groups is 1. The number of unbranched alkanes of at least 4 members (excludes halogenated alkanes) is 13. The third-order valence-corrected chi connectivity index (χ3v) is 7.98. The monoisotopic (exact) mass is 626 g/mol. The fraction of sp³-hybridized carbons (Fsp3) is 0.683. The van der Waals surface area contributed by atoms with E-state index in [1.807, 2.05) is 0 Å². The molecule has 4 nitrogen and oxygen atoms in total. The van der Waals surface area contributed by atoms with Crippen molar-refractivity contribution in [2.45, 2.75) is 174 Å².